The van der Waals surface area contributed by atoms with Crippen molar-refractivity contribution in [1.82, 2.24) is 19.1 Å². The normalized spacial score (nSPS) is 11.6. The molecule has 9 aromatic rings. The summed E-state index contributed by atoms with van der Waals surface area (Å²) in [6, 6.07) is 51.3. The average molecular weight is 579 g/mol. The minimum absolute atomic E-state index is 0.205. The van der Waals surface area contributed by atoms with Gasteiger partial charge in [0.05, 0.1) is 44.5 Å². The van der Waals surface area contributed by atoms with Gasteiger partial charge in [-0.05, 0) is 72.8 Å². The fourth-order valence-electron chi connectivity index (χ4n) is 6.65. The summed E-state index contributed by atoms with van der Waals surface area (Å²) in [6.07, 6.45) is 0. The summed E-state index contributed by atoms with van der Waals surface area (Å²) in [5.41, 5.74) is 11.4. The van der Waals surface area contributed by atoms with Crippen molar-refractivity contribution in [3.05, 3.63) is 152 Å². The molecule has 4 aromatic heterocycles. The van der Waals surface area contributed by atoms with Gasteiger partial charge >= 0.3 is 0 Å². The Balaban J connectivity index is 1.48. The lowest BCUT2D eigenvalue weighted by molar-refractivity contribution is 0.477. The van der Waals surface area contributed by atoms with Crippen molar-refractivity contribution in [3.8, 4) is 39.6 Å². The summed E-state index contributed by atoms with van der Waals surface area (Å²) >= 11 is 0. The number of nitrogens with zero attached hydrogens (tertiary/aromatic N) is 4. The van der Waals surface area contributed by atoms with E-state index in [0.29, 0.717) is 5.56 Å². The van der Waals surface area contributed by atoms with Gasteiger partial charge in [-0.2, -0.15) is 0 Å². The molecule has 5 heteroatoms. The van der Waals surface area contributed by atoms with E-state index in [4.69, 9.17) is 9.97 Å². The number of hydrogen-bond donors (Lipinski definition) is 1. The molecule has 4 heterocycles. The van der Waals surface area contributed by atoms with E-state index in [1.54, 1.807) is 6.07 Å². The third-order valence-electron chi connectivity index (χ3n) is 8.62. The van der Waals surface area contributed by atoms with Gasteiger partial charge in [-0.25, -0.2) is 9.97 Å². The average Bonchev–Trinajstić information content (AvgIpc) is 3.61. The molecule has 0 amide bonds. The Morgan fingerprint density at radius 1 is 0.400 bits per heavy atom. The van der Waals surface area contributed by atoms with Gasteiger partial charge in [-0.3, -0.25) is 0 Å². The van der Waals surface area contributed by atoms with Crippen LogP contribution in [0, 0.1) is 0 Å². The Kier molecular flexibility index (Phi) is 5.59. The zero-order chi connectivity index (χ0) is 29.9. The molecular formula is C40H26N4O. The molecule has 5 aromatic carbocycles. The first kappa shape index (κ1) is 25.3. The first-order valence-corrected chi connectivity index (χ1v) is 15.0. The van der Waals surface area contributed by atoms with Crippen molar-refractivity contribution in [2.24, 2.45) is 0 Å². The van der Waals surface area contributed by atoms with Crippen LogP contribution in [-0.4, -0.2) is 24.2 Å². The van der Waals surface area contributed by atoms with E-state index >= 15 is 0 Å². The molecule has 0 fully saturated rings. The summed E-state index contributed by atoms with van der Waals surface area (Å²) in [7, 11) is 0. The third-order valence-corrected chi connectivity index (χ3v) is 8.62. The summed E-state index contributed by atoms with van der Waals surface area (Å²) in [5.74, 6) is 0.205. The Morgan fingerprint density at radius 2 is 0.844 bits per heavy atom. The molecule has 9 rings (SSSR count). The van der Waals surface area contributed by atoms with Crippen LogP contribution >= 0.6 is 0 Å². The largest absolute Gasteiger partial charge is 0.507 e. The van der Waals surface area contributed by atoms with E-state index in [0.717, 1.165) is 72.2 Å². The van der Waals surface area contributed by atoms with Crippen LogP contribution in [0.4, 0.5) is 0 Å². The van der Waals surface area contributed by atoms with Gasteiger partial charge in [0.25, 0.3) is 0 Å². The predicted molar refractivity (Wildman–Crippen MR) is 183 cm³/mol. The molecule has 0 unspecified atom stereocenters. The number of pyridine rings is 2. The molecule has 0 aliphatic heterocycles. The summed E-state index contributed by atoms with van der Waals surface area (Å²) in [5, 5.41) is 12.8. The molecular weight excluding hydrogens is 552 g/mol. The Hall–Kier alpha value is -6.20. The summed E-state index contributed by atoms with van der Waals surface area (Å²) < 4.78 is 4.57. The van der Waals surface area contributed by atoms with Crippen molar-refractivity contribution in [2.45, 2.75) is 0 Å². The van der Waals surface area contributed by atoms with Crippen molar-refractivity contribution in [2.75, 3.05) is 0 Å². The number of para-hydroxylation sites is 3. The SMILES string of the molecule is Oc1ccccc1-c1ccc2c(n1)c1c3c4nc(-c5ccccc5)ccc4n(-c4ccccc4)c3ccc1n2-c1ccccc1. The number of aromatic nitrogens is 4. The van der Waals surface area contributed by atoms with E-state index in [1.165, 1.54) is 0 Å². The van der Waals surface area contributed by atoms with Crippen LogP contribution in [0.3, 0.4) is 0 Å². The lowest BCUT2D eigenvalue weighted by atomic mass is 10.1. The van der Waals surface area contributed by atoms with Gasteiger partial charge in [0.15, 0.2) is 0 Å². The summed E-state index contributed by atoms with van der Waals surface area (Å²) in [6.45, 7) is 0. The minimum atomic E-state index is 0.205. The van der Waals surface area contributed by atoms with Crippen molar-refractivity contribution in [1.29, 1.82) is 0 Å². The fraction of sp³-hybridized carbons (Fsp3) is 0. The van der Waals surface area contributed by atoms with Crippen LogP contribution in [-0.2, 0) is 0 Å². The fourth-order valence-corrected chi connectivity index (χ4v) is 6.65. The Morgan fingerprint density at radius 3 is 1.40 bits per heavy atom. The highest BCUT2D eigenvalue weighted by molar-refractivity contribution is 6.27. The molecule has 0 saturated heterocycles. The van der Waals surface area contributed by atoms with Gasteiger partial charge in [0.2, 0.25) is 0 Å². The second kappa shape index (κ2) is 9.93. The van der Waals surface area contributed by atoms with E-state index in [9.17, 15) is 5.11 Å². The molecule has 0 bridgehead atoms. The molecule has 0 aliphatic rings. The number of benzene rings is 5. The van der Waals surface area contributed by atoms with Crippen LogP contribution < -0.4 is 0 Å². The minimum Gasteiger partial charge on any atom is -0.507 e. The summed E-state index contributed by atoms with van der Waals surface area (Å²) in [4.78, 5) is 10.6. The Bertz CT molecular complexity index is 2530. The zero-order valence-electron chi connectivity index (χ0n) is 24.2. The molecule has 5 nitrogen and oxygen atoms in total. The van der Waals surface area contributed by atoms with Crippen LogP contribution in [0.2, 0.25) is 0 Å². The van der Waals surface area contributed by atoms with Crippen LogP contribution in [0.25, 0.3) is 77.8 Å². The second-order valence-electron chi connectivity index (χ2n) is 11.2. The number of phenolic OH excluding ortho intramolecular Hbond substituents is 1. The standard InChI is InChI=1S/C40H26N4O/c45-36-19-11-10-18-29(36)31-21-23-35-40(42-31)38-33(44(35)28-16-8-3-9-17-28)25-24-32-37(38)39-34(43(32)27-14-6-2-7-15-27)22-20-30(41-39)26-12-4-1-5-13-26/h1-25,45H. The molecule has 0 atom stereocenters. The maximum absolute atomic E-state index is 10.8. The quantitative estimate of drug-likeness (QED) is 0.226. The molecule has 45 heavy (non-hydrogen) atoms. The first-order valence-electron chi connectivity index (χ1n) is 15.0. The number of rotatable bonds is 4. The van der Waals surface area contributed by atoms with Crippen LogP contribution in [0.5, 0.6) is 5.75 Å². The lowest BCUT2D eigenvalue weighted by Crippen LogP contribution is -1.94. The molecule has 0 aliphatic carbocycles. The zero-order valence-corrected chi connectivity index (χ0v) is 24.2. The van der Waals surface area contributed by atoms with E-state index in [1.807, 2.05) is 54.6 Å². The topological polar surface area (TPSA) is 55.9 Å². The Labute approximate surface area is 258 Å². The van der Waals surface area contributed by atoms with Crippen LogP contribution in [0.15, 0.2) is 152 Å². The lowest BCUT2D eigenvalue weighted by Gasteiger charge is -2.09. The maximum Gasteiger partial charge on any atom is 0.124 e. The molecule has 0 saturated carbocycles. The van der Waals surface area contributed by atoms with Gasteiger partial charge in [0.1, 0.15) is 5.75 Å². The van der Waals surface area contributed by atoms with E-state index in [-0.39, 0.29) is 5.75 Å². The first-order chi connectivity index (χ1) is 22.3. The monoisotopic (exact) mass is 578 g/mol. The molecule has 0 radical (unpaired) electrons. The number of aromatic hydroxyl groups is 1. The van der Waals surface area contributed by atoms with E-state index < -0.39 is 0 Å². The van der Waals surface area contributed by atoms with Crippen molar-refractivity contribution in [3.63, 3.8) is 0 Å². The molecule has 1 N–H and O–H groups in total. The predicted octanol–water partition coefficient (Wildman–Crippen LogP) is 9.71. The van der Waals surface area contributed by atoms with Crippen molar-refractivity contribution >= 4 is 43.9 Å². The highest BCUT2D eigenvalue weighted by Gasteiger charge is 2.23. The van der Waals surface area contributed by atoms with E-state index in [2.05, 4.69) is 100 Å². The van der Waals surface area contributed by atoms with Gasteiger partial charge in [0, 0.05) is 33.3 Å². The van der Waals surface area contributed by atoms with Gasteiger partial charge < -0.3 is 14.2 Å². The number of hydrogen-bond acceptors (Lipinski definition) is 3. The van der Waals surface area contributed by atoms with Crippen LogP contribution in [0.1, 0.15) is 0 Å². The van der Waals surface area contributed by atoms with Gasteiger partial charge in [-0.1, -0.05) is 78.9 Å². The van der Waals surface area contributed by atoms with Gasteiger partial charge in [-0.15, -0.1) is 0 Å². The number of phenols is 1. The smallest absolute Gasteiger partial charge is 0.124 e. The molecule has 212 valence electrons. The molecule has 0 spiro atoms. The highest BCUT2D eigenvalue weighted by atomic mass is 16.3. The second-order valence-corrected chi connectivity index (χ2v) is 11.2. The maximum atomic E-state index is 10.8. The third kappa shape index (κ3) is 3.88. The highest BCUT2D eigenvalue weighted by Crippen LogP contribution is 2.42. The van der Waals surface area contributed by atoms with Crippen molar-refractivity contribution < 1.29 is 5.11 Å². The number of fused-ring (bicyclic) bond motifs is 7.